The molecule has 1 saturated heterocycles. The SMILES string of the molecule is Cc1ccc(NC(=O)CC2COCCN2)cc1S(=O)(=O)NC1CC1.Cl. The average molecular weight is 390 g/mol. The van der Waals surface area contributed by atoms with Gasteiger partial charge in [0.15, 0.2) is 0 Å². The summed E-state index contributed by atoms with van der Waals surface area (Å²) >= 11 is 0. The van der Waals surface area contributed by atoms with Crippen molar-refractivity contribution in [2.24, 2.45) is 0 Å². The topological polar surface area (TPSA) is 96.5 Å². The second-order valence-corrected chi connectivity index (χ2v) is 8.04. The summed E-state index contributed by atoms with van der Waals surface area (Å²) in [7, 11) is -3.55. The zero-order chi connectivity index (χ0) is 17.2. The molecule has 3 rings (SSSR count). The molecule has 3 N–H and O–H groups in total. The van der Waals surface area contributed by atoms with Crippen molar-refractivity contribution in [1.29, 1.82) is 0 Å². The first-order valence-corrected chi connectivity index (χ1v) is 9.66. The van der Waals surface area contributed by atoms with Crippen molar-refractivity contribution in [3.63, 3.8) is 0 Å². The summed E-state index contributed by atoms with van der Waals surface area (Å²) in [6.07, 6.45) is 2.05. The Morgan fingerprint density at radius 3 is 2.76 bits per heavy atom. The first-order chi connectivity index (χ1) is 11.4. The number of ether oxygens (including phenoxy) is 1. The number of carbonyl (C=O) groups is 1. The Balaban J connectivity index is 0.00000225. The quantitative estimate of drug-likeness (QED) is 0.678. The number of hydrogen-bond acceptors (Lipinski definition) is 5. The van der Waals surface area contributed by atoms with E-state index in [0.717, 1.165) is 19.4 Å². The molecule has 1 heterocycles. The van der Waals surface area contributed by atoms with Crippen LogP contribution in [-0.4, -0.2) is 46.2 Å². The fourth-order valence-electron chi connectivity index (χ4n) is 2.64. The molecule has 25 heavy (non-hydrogen) atoms. The number of carbonyl (C=O) groups excluding carboxylic acids is 1. The van der Waals surface area contributed by atoms with E-state index in [0.29, 0.717) is 24.5 Å². The highest BCUT2D eigenvalue weighted by atomic mass is 35.5. The molecule has 0 bridgehead atoms. The molecule has 1 amide bonds. The van der Waals surface area contributed by atoms with Crippen LogP contribution in [0.2, 0.25) is 0 Å². The van der Waals surface area contributed by atoms with Crippen molar-refractivity contribution in [1.82, 2.24) is 10.0 Å². The molecule has 2 aliphatic rings. The van der Waals surface area contributed by atoms with Gasteiger partial charge in [0.2, 0.25) is 15.9 Å². The number of anilines is 1. The molecule has 0 spiro atoms. The summed E-state index contributed by atoms with van der Waals surface area (Å²) in [6.45, 7) is 3.64. The highest BCUT2D eigenvalue weighted by molar-refractivity contribution is 7.89. The van der Waals surface area contributed by atoms with Crippen LogP contribution in [0.5, 0.6) is 0 Å². The molecular weight excluding hydrogens is 366 g/mol. The van der Waals surface area contributed by atoms with E-state index >= 15 is 0 Å². The lowest BCUT2D eigenvalue weighted by Crippen LogP contribution is -2.43. The molecule has 7 nitrogen and oxygen atoms in total. The minimum Gasteiger partial charge on any atom is -0.378 e. The zero-order valence-electron chi connectivity index (χ0n) is 14.1. The molecule has 140 valence electrons. The molecule has 1 unspecified atom stereocenters. The van der Waals surface area contributed by atoms with E-state index in [2.05, 4.69) is 15.4 Å². The molecule has 1 aromatic rings. The van der Waals surface area contributed by atoms with Gasteiger partial charge in [-0.05, 0) is 37.5 Å². The van der Waals surface area contributed by atoms with Crippen LogP contribution in [0.25, 0.3) is 0 Å². The van der Waals surface area contributed by atoms with Gasteiger partial charge in [-0.15, -0.1) is 12.4 Å². The van der Waals surface area contributed by atoms with E-state index in [9.17, 15) is 13.2 Å². The van der Waals surface area contributed by atoms with Crippen molar-refractivity contribution in [2.45, 2.75) is 43.2 Å². The van der Waals surface area contributed by atoms with E-state index in [1.165, 1.54) is 6.07 Å². The molecule has 1 aliphatic carbocycles. The molecule has 0 radical (unpaired) electrons. The normalized spacial score (nSPS) is 20.6. The van der Waals surface area contributed by atoms with Crippen molar-refractivity contribution in [2.75, 3.05) is 25.1 Å². The van der Waals surface area contributed by atoms with Gasteiger partial charge in [0.05, 0.1) is 18.1 Å². The molecule has 1 aromatic carbocycles. The number of aryl methyl sites for hydroxylation is 1. The molecule has 1 aliphatic heterocycles. The van der Waals surface area contributed by atoms with Gasteiger partial charge < -0.3 is 15.4 Å². The number of rotatable bonds is 6. The van der Waals surface area contributed by atoms with Crippen molar-refractivity contribution in [3.05, 3.63) is 23.8 Å². The van der Waals surface area contributed by atoms with E-state index in [1.54, 1.807) is 19.1 Å². The summed E-state index contributed by atoms with van der Waals surface area (Å²) in [4.78, 5) is 12.4. The first-order valence-electron chi connectivity index (χ1n) is 8.18. The monoisotopic (exact) mass is 389 g/mol. The summed E-state index contributed by atoms with van der Waals surface area (Å²) in [5.41, 5.74) is 1.14. The summed E-state index contributed by atoms with van der Waals surface area (Å²) in [5, 5.41) is 5.99. The maximum absolute atomic E-state index is 12.4. The minimum absolute atomic E-state index is 0. The van der Waals surface area contributed by atoms with E-state index in [-0.39, 0.29) is 41.7 Å². The van der Waals surface area contributed by atoms with Crippen LogP contribution >= 0.6 is 12.4 Å². The molecule has 1 atom stereocenters. The van der Waals surface area contributed by atoms with Crippen LogP contribution < -0.4 is 15.4 Å². The van der Waals surface area contributed by atoms with Crippen molar-refractivity contribution < 1.29 is 17.9 Å². The number of hydrogen-bond donors (Lipinski definition) is 3. The Kier molecular flexibility index (Phi) is 6.81. The third kappa shape index (κ3) is 5.65. The minimum atomic E-state index is -3.55. The number of benzene rings is 1. The molecule has 2 fully saturated rings. The van der Waals surface area contributed by atoms with Gasteiger partial charge in [0, 0.05) is 30.7 Å². The molecule has 0 aromatic heterocycles. The molecule has 9 heteroatoms. The fraction of sp³-hybridized carbons (Fsp3) is 0.562. The van der Waals surface area contributed by atoms with Gasteiger partial charge in [-0.25, -0.2) is 13.1 Å². The van der Waals surface area contributed by atoms with Crippen molar-refractivity contribution >= 4 is 34.0 Å². The van der Waals surface area contributed by atoms with Gasteiger partial charge in [0.1, 0.15) is 0 Å². The lowest BCUT2D eigenvalue weighted by Gasteiger charge is -2.23. The molecular formula is C16H24ClN3O4S. The van der Waals surface area contributed by atoms with Gasteiger partial charge in [-0.2, -0.15) is 0 Å². The van der Waals surface area contributed by atoms with Crippen LogP contribution in [0.3, 0.4) is 0 Å². The fourth-order valence-corrected chi connectivity index (χ4v) is 4.21. The number of nitrogens with one attached hydrogen (secondary N) is 3. The first kappa shape index (κ1) is 20.1. The third-order valence-electron chi connectivity index (χ3n) is 4.09. The highest BCUT2D eigenvalue weighted by Crippen LogP contribution is 2.25. The van der Waals surface area contributed by atoms with E-state index < -0.39 is 10.0 Å². The van der Waals surface area contributed by atoms with Crippen molar-refractivity contribution in [3.8, 4) is 0 Å². The lowest BCUT2D eigenvalue weighted by molar-refractivity contribution is -0.117. The Morgan fingerprint density at radius 2 is 2.12 bits per heavy atom. The summed E-state index contributed by atoms with van der Waals surface area (Å²) < 4.78 is 32.8. The smallest absolute Gasteiger partial charge is 0.241 e. The summed E-state index contributed by atoms with van der Waals surface area (Å²) in [5.74, 6) is -0.166. The predicted octanol–water partition coefficient (Wildman–Crippen LogP) is 1.17. The largest absolute Gasteiger partial charge is 0.378 e. The second kappa shape index (κ2) is 8.46. The maximum Gasteiger partial charge on any atom is 0.241 e. The Labute approximate surface area is 154 Å². The maximum atomic E-state index is 12.4. The van der Waals surface area contributed by atoms with Crippen LogP contribution in [0, 0.1) is 6.92 Å². The lowest BCUT2D eigenvalue weighted by atomic mass is 10.2. The Morgan fingerprint density at radius 1 is 1.36 bits per heavy atom. The van der Waals surface area contributed by atoms with Gasteiger partial charge in [-0.3, -0.25) is 4.79 Å². The zero-order valence-corrected chi connectivity index (χ0v) is 15.7. The van der Waals surface area contributed by atoms with E-state index in [4.69, 9.17) is 4.74 Å². The standard InChI is InChI=1S/C16H23N3O4S.ClH/c1-11-2-3-13(8-15(11)24(21,22)19-12-4-5-12)18-16(20)9-14-10-23-7-6-17-14;/h2-3,8,12,14,17,19H,4-7,9-10H2,1H3,(H,18,20);1H. The highest BCUT2D eigenvalue weighted by Gasteiger charge is 2.29. The van der Waals surface area contributed by atoms with Gasteiger partial charge in [0.25, 0.3) is 0 Å². The van der Waals surface area contributed by atoms with Crippen LogP contribution in [0.1, 0.15) is 24.8 Å². The average Bonchev–Trinajstić information content (AvgIpc) is 3.33. The molecule has 1 saturated carbocycles. The number of halogens is 1. The van der Waals surface area contributed by atoms with Crippen LogP contribution in [-0.2, 0) is 19.6 Å². The van der Waals surface area contributed by atoms with Gasteiger partial charge in [-0.1, -0.05) is 6.07 Å². The number of morpholine rings is 1. The predicted molar refractivity (Wildman–Crippen MR) is 97.6 cm³/mol. The second-order valence-electron chi connectivity index (χ2n) is 6.35. The summed E-state index contributed by atoms with van der Waals surface area (Å²) in [6, 6.07) is 4.98. The Hall–Kier alpha value is -1.19. The third-order valence-corrected chi connectivity index (χ3v) is 5.75. The van der Waals surface area contributed by atoms with Crippen LogP contribution in [0.15, 0.2) is 23.1 Å². The number of amides is 1. The van der Waals surface area contributed by atoms with Gasteiger partial charge >= 0.3 is 0 Å². The number of sulfonamides is 1. The van der Waals surface area contributed by atoms with E-state index in [1.807, 2.05) is 0 Å². The van der Waals surface area contributed by atoms with Crippen LogP contribution in [0.4, 0.5) is 5.69 Å². The Bertz CT molecular complexity index is 716.